The maximum absolute atomic E-state index is 10.8. The average molecular weight is 220 g/mol. The Morgan fingerprint density at radius 1 is 1.62 bits per heavy atom. The highest BCUT2D eigenvalue weighted by molar-refractivity contribution is 8.17. The van der Waals surface area contributed by atoms with Gasteiger partial charge in [-0.25, -0.2) is 4.79 Å². The fraction of sp³-hybridized carbons (Fsp3) is 0.667. The van der Waals surface area contributed by atoms with Crippen LogP contribution in [0.5, 0.6) is 0 Å². The maximum Gasteiger partial charge on any atom is 0.331 e. The number of thioether (sulfide) groups is 2. The van der Waals surface area contributed by atoms with E-state index >= 15 is 0 Å². The quantitative estimate of drug-likeness (QED) is 0.390. The summed E-state index contributed by atoms with van der Waals surface area (Å²) in [5, 5.41) is 0. The molecule has 0 fully saturated rings. The van der Waals surface area contributed by atoms with Crippen molar-refractivity contribution in [2.75, 3.05) is 5.75 Å². The third-order valence-corrected chi connectivity index (χ3v) is 3.64. The molecule has 2 unspecified atom stereocenters. The fourth-order valence-corrected chi connectivity index (χ4v) is 3.13. The first kappa shape index (κ1) is 12.9. The molecule has 0 rings (SSSR count). The zero-order valence-electron chi connectivity index (χ0n) is 8.28. The smallest absolute Gasteiger partial charge is 0.331 e. The van der Waals surface area contributed by atoms with Gasteiger partial charge in [0.05, 0.1) is 4.58 Å². The molecule has 0 radical (unpaired) electrons. The van der Waals surface area contributed by atoms with Crippen LogP contribution in [-0.2, 0) is 9.53 Å². The second kappa shape index (κ2) is 7.33. The van der Waals surface area contributed by atoms with E-state index in [1.807, 2.05) is 18.7 Å². The van der Waals surface area contributed by atoms with E-state index < -0.39 is 0 Å². The van der Waals surface area contributed by atoms with E-state index in [4.69, 9.17) is 4.74 Å². The van der Waals surface area contributed by atoms with Crippen molar-refractivity contribution in [3.05, 3.63) is 12.7 Å². The maximum atomic E-state index is 10.8. The molecule has 0 bridgehead atoms. The van der Waals surface area contributed by atoms with Crippen molar-refractivity contribution in [3.63, 3.8) is 0 Å². The van der Waals surface area contributed by atoms with Gasteiger partial charge in [0.2, 0.25) is 0 Å². The van der Waals surface area contributed by atoms with Crippen molar-refractivity contribution >= 4 is 29.5 Å². The Balaban J connectivity index is 3.66. The molecule has 0 aliphatic rings. The Morgan fingerprint density at radius 3 is 2.69 bits per heavy atom. The highest BCUT2D eigenvalue weighted by atomic mass is 32.2. The Morgan fingerprint density at radius 2 is 2.23 bits per heavy atom. The highest BCUT2D eigenvalue weighted by Crippen LogP contribution is 2.27. The van der Waals surface area contributed by atoms with Crippen molar-refractivity contribution in [3.8, 4) is 0 Å². The standard InChI is InChI=1S/C9H16O2S2/c1-5-9(10)11-7(3)13-8(4)12-6-2/h5,7-8H,1,6H2,2-4H3. The number of rotatable bonds is 6. The second-order valence-corrected chi connectivity index (χ2v) is 5.93. The Labute approximate surface area is 88.5 Å². The molecule has 0 amide bonds. The zero-order valence-corrected chi connectivity index (χ0v) is 9.91. The third-order valence-electron chi connectivity index (χ3n) is 1.23. The Kier molecular flexibility index (Phi) is 7.28. The summed E-state index contributed by atoms with van der Waals surface area (Å²) in [7, 11) is 0. The first-order valence-corrected chi connectivity index (χ1v) is 6.19. The summed E-state index contributed by atoms with van der Waals surface area (Å²) in [5.74, 6) is 0.727. The molecule has 2 nitrogen and oxygen atoms in total. The number of hydrogen-bond donors (Lipinski definition) is 0. The molecule has 0 aliphatic heterocycles. The molecular formula is C9H16O2S2. The number of carbonyl (C=O) groups excluding carboxylic acids is 1. The Bertz CT molecular complexity index is 171. The summed E-state index contributed by atoms with van der Waals surface area (Å²) in [4.78, 5) is 10.8. The molecule has 4 heteroatoms. The lowest BCUT2D eigenvalue weighted by atomic mass is 10.6. The molecule has 0 saturated heterocycles. The largest absolute Gasteiger partial charge is 0.448 e. The van der Waals surface area contributed by atoms with Gasteiger partial charge in [0.1, 0.15) is 5.44 Å². The van der Waals surface area contributed by atoms with Crippen LogP contribution in [0.15, 0.2) is 12.7 Å². The van der Waals surface area contributed by atoms with Crippen LogP contribution in [-0.4, -0.2) is 21.7 Å². The van der Waals surface area contributed by atoms with Gasteiger partial charge in [-0.15, -0.1) is 23.5 Å². The summed E-state index contributed by atoms with van der Waals surface area (Å²) >= 11 is 3.48. The molecule has 0 aromatic rings. The van der Waals surface area contributed by atoms with Crippen LogP contribution in [0.3, 0.4) is 0 Å². The molecule has 0 aliphatic carbocycles. The molecule has 2 atom stereocenters. The number of ether oxygens (including phenoxy) is 1. The zero-order chi connectivity index (χ0) is 10.3. The molecule has 0 saturated carbocycles. The predicted molar refractivity (Wildman–Crippen MR) is 60.9 cm³/mol. The lowest BCUT2D eigenvalue weighted by Gasteiger charge is -2.15. The molecule has 0 aromatic carbocycles. The van der Waals surface area contributed by atoms with Crippen molar-refractivity contribution < 1.29 is 9.53 Å². The Hall–Kier alpha value is -0.0900. The molecule has 13 heavy (non-hydrogen) atoms. The topological polar surface area (TPSA) is 26.3 Å². The fourth-order valence-electron chi connectivity index (χ4n) is 0.783. The lowest BCUT2D eigenvalue weighted by Crippen LogP contribution is -2.11. The molecule has 0 heterocycles. The normalized spacial score (nSPS) is 14.7. The van der Waals surface area contributed by atoms with Gasteiger partial charge in [0.15, 0.2) is 0 Å². The van der Waals surface area contributed by atoms with Gasteiger partial charge >= 0.3 is 5.97 Å². The molecule has 0 spiro atoms. The number of carbonyl (C=O) groups is 1. The number of esters is 1. The minimum Gasteiger partial charge on any atom is -0.448 e. The van der Waals surface area contributed by atoms with Crippen LogP contribution >= 0.6 is 23.5 Å². The van der Waals surface area contributed by atoms with Gasteiger partial charge < -0.3 is 4.74 Å². The van der Waals surface area contributed by atoms with Crippen LogP contribution in [0.4, 0.5) is 0 Å². The van der Waals surface area contributed by atoms with E-state index in [-0.39, 0.29) is 11.4 Å². The minimum atomic E-state index is -0.353. The first-order valence-electron chi connectivity index (χ1n) is 4.20. The van der Waals surface area contributed by atoms with E-state index in [1.165, 1.54) is 6.08 Å². The van der Waals surface area contributed by atoms with Crippen LogP contribution < -0.4 is 0 Å². The highest BCUT2D eigenvalue weighted by Gasteiger charge is 2.11. The summed E-state index contributed by atoms with van der Waals surface area (Å²) in [6, 6.07) is 0. The van der Waals surface area contributed by atoms with E-state index in [0.717, 1.165) is 5.75 Å². The minimum absolute atomic E-state index is 0.0976. The van der Waals surface area contributed by atoms with Crippen LogP contribution in [0.2, 0.25) is 0 Å². The van der Waals surface area contributed by atoms with Crippen molar-refractivity contribution in [2.24, 2.45) is 0 Å². The first-order chi connectivity index (χ1) is 6.10. The molecule has 0 aromatic heterocycles. The van der Waals surface area contributed by atoms with E-state index in [2.05, 4.69) is 20.4 Å². The van der Waals surface area contributed by atoms with Crippen molar-refractivity contribution in [1.29, 1.82) is 0 Å². The van der Waals surface area contributed by atoms with E-state index in [0.29, 0.717) is 4.58 Å². The summed E-state index contributed by atoms with van der Waals surface area (Å²) in [6.45, 7) is 9.44. The lowest BCUT2D eigenvalue weighted by molar-refractivity contribution is -0.138. The predicted octanol–water partition coefficient (Wildman–Crippen LogP) is 2.89. The average Bonchev–Trinajstić information content (AvgIpc) is 2.04. The molecule has 0 N–H and O–H groups in total. The van der Waals surface area contributed by atoms with Crippen LogP contribution in [0.25, 0.3) is 0 Å². The summed E-state index contributed by atoms with van der Waals surface area (Å²) in [6.07, 6.45) is 1.19. The summed E-state index contributed by atoms with van der Waals surface area (Å²) in [5.41, 5.74) is -0.0976. The third kappa shape index (κ3) is 7.02. The SMILES string of the molecule is C=CC(=O)OC(C)SC(C)SCC. The van der Waals surface area contributed by atoms with Crippen LogP contribution in [0, 0.1) is 0 Å². The van der Waals surface area contributed by atoms with E-state index in [1.54, 1.807) is 11.8 Å². The second-order valence-electron chi connectivity index (χ2n) is 2.37. The van der Waals surface area contributed by atoms with Gasteiger partial charge in [-0.1, -0.05) is 13.5 Å². The molecule has 76 valence electrons. The number of hydrogen-bond acceptors (Lipinski definition) is 4. The van der Waals surface area contributed by atoms with Gasteiger partial charge in [-0.3, -0.25) is 0 Å². The van der Waals surface area contributed by atoms with Gasteiger partial charge in [0.25, 0.3) is 0 Å². The van der Waals surface area contributed by atoms with Gasteiger partial charge in [-0.05, 0) is 19.6 Å². The monoisotopic (exact) mass is 220 g/mol. The molecular weight excluding hydrogens is 204 g/mol. The van der Waals surface area contributed by atoms with E-state index in [9.17, 15) is 4.79 Å². The van der Waals surface area contributed by atoms with Crippen LogP contribution in [0.1, 0.15) is 20.8 Å². The van der Waals surface area contributed by atoms with Crippen molar-refractivity contribution in [2.45, 2.75) is 30.8 Å². The van der Waals surface area contributed by atoms with Gasteiger partial charge in [-0.2, -0.15) is 0 Å². The van der Waals surface area contributed by atoms with Gasteiger partial charge in [0, 0.05) is 6.08 Å². The summed E-state index contributed by atoms with van der Waals surface area (Å²) < 4.78 is 5.47. The van der Waals surface area contributed by atoms with Crippen molar-refractivity contribution in [1.82, 2.24) is 0 Å².